The molecule has 3 aromatic carbocycles. The van der Waals surface area contributed by atoms with Gasteiger partial charge in [0.05, 0.1) is 18.0 Å². The smallest absolute Gasteiger partial charge is 0.228 e. The van der Waals surface area contributed by atoms with Gasteiger partial charge in [0.2, 0.25) is 11.8 Å². The number of Topliss-reactive ketones (excluding diaryl/α,β-unsaturated/α-hetero) is 3. The number of likely N-dealkylation sites (N-methyl/N-ethyl adjacent to an activating group) is 1. The molecule has 1 heterocycles. The lowest BCUT2D eigenvalue weighted by atomic mass is 9.88. The van der Waals surface area contributed by atoms with Gasteiger partial charge in [-0.3, -0.25) is 24.0 Å². The van der Waals surface area contributed by atoms with Crippen LogP contribution in [0.15, 0.2) is 60.7 Å². The summed E-state index contributed by atoms with van der Waals surface area (Å²) in [6, 6.07) is 17.3. The summed E-state index contributed by atoms with van der Waals surface area (Å²) < 4.78 is 12.1. The maximum atomic E-state index is 14.4. The van der Waals surface area contributed by atoms with Crippen molar-refractivity contribution in [3.63, 3.8) is 0 Å². The van der Waals surface area contributed by atoms with Crippen molar-refractivity contribution in [3.05, 3.63) is 82.9 Å². The second kappa shape index (κ2) is 19.6. The van der Waals surface area contributed by atoms with Crippen molar-refractivity contribution in [1.82, 2.24) is 10.2 Å². The SMILES string of the molecule is Cc1ccc(C(=O)C[C@@H](CN)C(=O)N(C)[C@@H]2C(=O)C[C@@H](C)C(=O)N[C@H](C(=O)CCC#N)Cc3ccc(OCCN)c(c3)-c3cc2ccc3OCCN)cc1. The molecule has 4 atom stereocenters. The van der Waals surface area contributed by atoms with Crippen LogP contribution in [0.25, 0.3) is 11.1 Å². The summed E-state index contributed by atoms with van der Waals surface area (Å²) in [7, 11) is 1.48. The van der Waals surface area contributed by atoms with E-state index in [1.54, 1.807) is 49.4 Å². The molecule has 0 fully saturated rings. The highest BCUT2D eigenvalue weighted by Gasteiger charge is 2.36. The van der Waals surface area contributed by atoms with Crippen LogP contribution in [0.4, 0.5) is 0 Å². The van der Waals surface area contributed by atoms with E-state index in [0.29, 0.717) is 39.3 Å². The number of aryl methyl sites for hydroxylation is 1. The topological polar surface area (TPSA) is 221 Å². The van der Waals surface area contributed by atoms with Crippen molar-refractivity contribution in [1.29, 1.82) is 5.26 Å². The minimum atomic E-state index is -1.20. The average molecular weight is 739 g/mol. The molecule has 3 aromatic rings. The molecule has 7 N–H and O–H groups in total. The zero-order valence-electron chi connectivity index (χ0n) is 31.1. The molecule has 13 nitrogen and oxygen atoms in total. The molecule has 4 bridgehead atoms. The van der Waals surface area contributed by atoms with Crippen molar-refractivity contribution in [2.24, 2.45) is 29.0 Å². The van der Waals surface area contributed by atoms with Crippen LogP contribution >= 0.6 is 0 Å². The van der Waals surface area contributed by atoms with Gasteiger partial charge in [-0.05, 0) is 48.7 Å². The normalized spacial score (nSPS) is 17.7. The quantitative estimate of drug-likeness (QED) is 0.166. The molecule has 0 unspecified atom stereocenters. The predicted octanol–water partition coefficient (Wildman–Crippen LogP) is 3.19. The Labute approximate surface area is 316 Å². The fraction of sp³-hybridized carbons (Fsp3) is 0.415. The van der Waals surface area contributed by atoms with Crippen LogP contribution in [-0.2, 0) is 25.6 Å². The van der Waals surface area contributed by atoms with E-state index in [-0.39, 0.29) is 76.5 Å². The van der Waals surface area contributed by atoms with E-state index in [0.717, 1.165) is 5.56 Å². The minimum absolute atomic E-state index is 0.0204. The van der Waals surface area contributed by atoms with Gasteiger partial charge < -0.3 is 36.9 Å². The van der Waals surface area contributed by atoms with E-state index in [2.05, 4.69) is 5.32 Å². The van der Waals surface area contributed by atoms with Crippen molar-refractivity contribution < 1.29 is 33.4 Å². The molecule has 1 aliphatic heterocycles. The third kappa shape index (κ3) is 10.4. The minimum Gasteiger partial charge on any atom is -0.492 e. The Morgan fingerprint density at radius 2 is 1.56 bits per heavy atom. The van der Waals surface area contributed by atoms with Crippen LogP contribution in [0.3, 0.4) is 0 Å². The average Bonchev–Trinajstić information content (AvgIpc) is 3.17. The largest absolute Gasteiger partial charge is 0.492 e. The summed E-state index contributed by atoms with van der Waals surface area (Å²) in [5, 5.41) is 12.0. The Morgan fingerprint density at radius 3 is 2.17 bits per heavy atom. The number of nitriles is 1. The van der Waals surface area contributed by atoms with Crippen molar-refractivity contribution in [2.45, 2.75) is 58.0 Å². The maximum Gasteiger partial charge on any atom is 0.228 e. The third-order valence-electron chi connectivity index (χ3n) is 9.47. The summed E-state index contributed by atoms with van der Waals surface area (Å²) in [5.74, 6) is -3.04. The lowest BCUT2D eigenvalue weighted by Crippen LogP contribution is -2.46. The third-order valence-corrected chi connectivity index (χ3v) is 9.47. The van der Waals surface area contributed by atoms with Crippen LogP contribution < -0.4 is 32.0 Å². The second-order valence-corrected chi connectivity index (χ2v) is 13.6. The van der Waals surface area contributed by atoms with Gasteiger partial charge in [-0.15, -0.1) is 0 Å². The van der Waals surface area contributed by atoms with Gasteiger partial charge in [-0.1, -0.05) is 48.9 Å². The lowest BCUT2D eigenvalue weighted by Gasteiger charge is -2.32. The molecule has 1 aliphatic rings. The summed E-state index contributed by atoms with van der Waals surface area (Å²) >= 11 is 0. The molecule has 0 saturated heterocycles. The molecule has 286 valence electrons. The first-order valence-electron chi connectivity index (χ1n) is 18.1. The number of nitrogens with zero attached hydrogens (tertiary/aromatic N) is 2. The van der Waals surface area contributed by atoms with Crippen LogP contribution in [0, 0.1) is 30.1 Å². The van der Waals surface area contributed by atoms with E-state index in [1.807, 2.05) is 31.2 Å². The Morgan fingerprint density at radius 1 is 0.926 bits per heavy atom. The fourth-order valence-electron chi connectivity index (χ4n) is 6.48. The summed E-state index contributed by atoms with van der Waals surface area (Å²) in [4.78, 5) is 70.1. The first kappa shape index (κ1) is 41.3. The van der Waals surface area contributed by atoms with Crippen LogP contribution in [0.1, 0.15) is 65.7 Å². The summed E-state index contributed by atoms with van der Waals surface area (Å²) in [6.45, 7) is 4.16. The van der Waals surface area contributed by atoms with Crippen LogP contribution in [0.5, 0.6) is 11.5 Å². The Hall–Kier alpha value is -5.42. The van der Waals surface area contributed by atoms with Gasteiger partial charge in [0.1, 0.15) is 30.8 Å². The predicted molar refractivity (Wildman–Crippen MR) is 203 cm³/mol. The van der Waals surface area contributed by atoms with E-state index in [9.17, 15) is 24.0 Å². The fourth-order valence-corrected chi connectivity index (χ4v) is 6.48. The molecule has 0 aromatic heterocycles. The van der Waals surface area contributed by atoms with Crippen molar-refractivity contribution in [3.8, 4) is 28.7 Å². The molecule has 13 heteroatoms. The van der Waals surface area contributed by atoms with E-state index >= 15 is 0 Å². The number of nitrogens with two attached hydrogens (primary N) is 3. The van der Waals surface area contributed by atoms with E-state index in [4.69, 9.17) is 31.9 Å². The molecular formula is C41H50N6O7. The van der Waals surface area contributed by atoms with Gasteiger partial charge >= 0.3 is 0 Å². The highest BCUT2D eigenvalue weighted by atomic mass is 16.5. The number of rotatable bonds is 15. The zero-order chi connectivity index (χ0) is 39.4. The number of nitrogens with one attached hydrogen (secondary N) is 1. The standard InChI is InChI=1S/C41H50N6O7/c1-25-6-9-28(10-7-25)35(49)23-30(24-45)41(52)47(3)39-29-11-13-38(54-18-16-44)32(22-29)31-20-27(8-12-37(31)53-17-15-43)21-33(34(48)5-4-14-42)46-40(51)26(2)19-36(39)50/h6-13,20,22,26,30,33,39H,4-5,15-19,21,23-24,43-45H2,1-3H3,(H,46,51)/t26-,30+,33+,39+/m1/s1. The highest BCUT2D eigenvalue weighted by molar-refractivity contribution is 6.00. The maximum absolute atomic E-state index is 14.4. The van der Waals surface area contributed by atoms with Gasteiger partial charge in [0.15, 0.2) is 17.3 Å². The Balaban J connectivity index is 1.87. The number of fused-ring (bicyclic) bond motifs is 5. The molecule has 0 aliphatic carbocycles. The summed E-state index contributed by atoms with van der Waals surface area (Å²) in [6.07, 6.45) is -0.425. The van der Waals surface area contributed by atoms with Crippen LogP contribution in [-0.4, -0.2) is 80.0 Å². The number of benzene rings is 3. The van der Waals surface area contributed by atoms with Gasteiger partial charge in [-0.2, -0.15) is 5.26 Å². The number of ether oxygens (including phenoxy) is 2. The lowest BCUT2D eigenvalue weighted by molar-refractivity contribution is -0.142. The Kier molecular flexibility index (Phi) is 15.0. The first-order chi connectivity index (χ1) is 25.9. The molecule has 4 rings (SSSR count). The number of carbonyl (C=O) groups excluding carboxylic acids is 5. The molecular weight excluding hydrogens is 688 g/mol. The molecule has 2 amide bonds. The number of hydrogen-bond donors (Lipinski definition) is 4. The van der Waals surface area contributed by atoms with Gasteiger partial charge in [0, 0.05) is 75.0 Å². The number of ketones is 3. The van der Waals surface area contributed by atoms with Gasteiger partial charge in [0.25, 0.3) is 0 Å². The van der Waals surface area contributed by atoms with E-state index < -0.39 is 41.5 Å². The van der Waals surface area contributed by atoms with Crippen molar-refractivity contribution in [2.75, 3.05) is 39.9 Å². The zero-order valence-corrected chi connectivity index (χ0v) is 31.1. The summed E-state index contributed by atoms with van der Waals surface area (Å²) in [5.41, 5.74) is 21.3. The Bertz CT molecular complexity index is 1870. The molecule has 0 radical (unpaired) electrons. The number of amides is 2. The molecule has 54 heavy (non-hydrogen) atoms. The van der Waals surface area contributed by atoms with Crippen LogP contribution in [0.2, 0.25) is 0 Å². The number of carbonyl (C=O) groups is 5. The molecule has 0 saturated carbocycles. The highest BCUT2D eigenvalue weighted by Crippen LogP contribution is 2.40. The second-order valence-electron chi connectivity index (χ2n) is 13.6. The van der Waals surface area contributed by atoms with E-state index in [1.165, 1.54) is 11.9 Å². The number of hydrogen-bond acceptors (Lipinski definition) is 11. The monoisotopic (exact) mass is 738 g/mol. The van der Waals surface area contributed by atoms with Crippen molar-refractivity contribution >= 4 is 29.2 Å². The first-order valence-corrected chi connectivity index (χ1v) is 18.1. The molecule has 0 spiro atoms. The van der Waals surface area contributed by atoms with Gasteiger partial charge in [-0.25, -0.2) is 0 Å².